The predicted molar refractivity (Wildman–Crippen MR) is 32.9 cm³/mol. The first-order valence-corrected chi connectivity index (χ1v) is 2.74. The molecule has 0 fully saturated rings. The van der Waals surface area contributed by atoms with Crippen molar-refractivity contribution in [2.75, 3.05) is 13.2 Å². The standard InChI is InChI=1S/C6H11O3/c1-3-9-4-6(8)5(2)7/h6,8H,1,3-4H2,2H3. The summed E-state index contributed by atoms with van der Waals surface area (Å²) in [7, 11) is 0. The molecule has 1 atom stereocenters. The average molecular weight is 131 g/mol. The van der Waals surface area contributed by atoms with Gasteiger partial charge in [-0.1, -0.05) is 0 Å². The topological polar surface area (TPSA) is 46.5 Å². The normalized spacial score (nSPS) is 13.2. The molecule has 0 spiro atoms. The molecular formula is C6H11O3. The largest absolute Gasteiger partial charge is 0.383 e. The van der Waals surface area contributed by atoms with E-state index in [1.54, 1.807) is 0 Å². The lowest BCUT2D eigenvalue weighted by Crippen LogP contribution is -2.23. The van der Waals surface area contributed by atoms with Gasteiger partial charge in [0.15, 0.2) is 5.78 Å². The average Bonchev–Trinajstić information content (AvgIpc) is 1.82. The van der Waals surface area contributed by atoms with Gasteiger partial charge in [0.1, 0.15) is 6.10 Å². The van der Waals surface area contributed by atoms with Crippen LogP contribution in [0.3, 0.4) is 0 Å². The van der Waals surface area contributed by atoms with Crippen molar-refractivity contribution >= 4 is 5.78 Å². The monoisotopic (exact) mass is 131 g/mol. The van der Waals surface area contributed by atoms with E-state index in [4.69, 9.17) is 5.11 Å². The minimum Gasteiger partial charge on any atom is -0.383 e. The molecule has 1 N–H and O–H groups in total. The molecule has 0 heterocycles. The molecule has 0 bridgehead atoms. The Morgan fingerprint density at radius 1 is 1.89 bits per heavy atom. The zero-order valence-corrected chi connectivity index (χ0v) is 5.46. The molecule has 3 heteroatoms. The van der Waals surface area contributed by atoms with Gasteiger partial charge in [0.05, 0.1) is 6.61 Å². The van der Waals surface area contributed by atoms with Gasteiger partial charge in [0.2, 0.25) is 0 Å². The van der Waals surface area contributed by atoms with Gasteiger partial charge in [-0.2, -0.15) is 0 Å². The van der Waals surface area contributed by atoms with E-state index < -0.39 is 6.10 Å². The van der Waals surface area contributed by atoms with Crippen LogP contribution >= 0.6 is 0 Å². The molecule has 0 aromatic rings. The molecule has 53 valence electrons. The lowest BCUT2D eigenvalue weighted by atomic mass is 10.3. The summed E-state index contributed by atoms with van der Waals surface area (Å²) in [6.07, 6.45) is -0.980. The second kappa shape index (κ2) is 4.47. The lowest BCUT2D eigenvalue weighted by molar-refractivity contribution is -0.127. The molecule has 0 rings (SSSR count). The zero-order chi connectivity index (χ0) is 7.28. The number of aliphatic hydroxyl groups is 1. The highest BCUT2D eigenvalue weighted by Gasteiger charge is 2.07. The van der Waals surface area contributed by atoms with E-state index in [9.17, 15) is 4.79 Å². The number of ketones is 1. The highest BCUT2D eigenvalue weighted by atomic mass is 16.5. The van der Waals surface area contributed by atoms with E-state index in [-0.39, 0.29) is 19.0 Å². The SMILES string of the molecule is [CH2]COCC(O)C(C)=O. The molecule has 1 unspecified atom stereocenters. The van der Waals surface area contributed by atoms with Crippen LogP contribution in [-0.2, 0) is 9.53 Å². The van der Waals surface area contributed by atoms with Crippen LogP contribution in [0.2, 0.25) is 0 Å². The Hall–Kier alpha value is -0.410. The van der Waals surface area contributed by atoms with Gasteiger partial charge in [-0.15, -0.1) is 0 Å². The Balaban J connectivity index is 3.27. The molecule has 9 heavy (non-hydrogen) atoms. The fourth-order valence-electron chi connectivity index (χ4n) is 0.312. The molecule has 0 aliphatic carbocycles. The fraction of sp³-hybridized carbons (Fsp3) is 0.667. The smallest absolute Gasteiger partial charge is 0.160 e. The molecule has 0 aromatic heterocycles. The maximum absolute atomic E-state index is 10.3. The van der Waals surface area contributed by atoms with Crippen LogP contribution in [0.5, 0.6) is 0 Å². The third-order valence-corrected chi connectivity index (χ3v) is 0.889. The van der Waals surface area contributed by atoms with Gasteiger partial charge in [-0.3, -0.25) is 4.79 Å². The van der Waals surface area contributed by atoms with Crippen LogP contribution in [0, 0.1) is 6.92 Å². The van der Waals surface area contributed by atoms with Crippen LogP contribution in [0.4, 0.5) is 0 Å². The molecular weight excluding hydrogens is 120 g/mol. The number of ether oxygens (including phenoxy) is 1. The van der Waals surface area contributed by atoms with Crippen molar-refractivity contribution in [3.8, 4) is 0 Å². The first kappa shape index (κ1) is 8.59. The van der Waals surface area contributed by atoms with E-state index in [0.29, 0.717) is 0 Å². The highest BCUT2D eigenvalue weighted by molar-refractivity contribution is 5.80. The highest BCUT2D eigenvalue weighted by Crippen LogP contribution is 1.85. The molecule has 0 saturated carbocycles. The van der Waals surface area contributed by atoms with Gasteiger partial charge in [-0.05, 0) is 13.8 Å². The number of aliphatic hydroxyl groups excluding tert-OH is 1. The van der Waals surface area contributed by atoms with Crippen LogP contribution in [-0.4, -0.2) is 30.2 Å². The van der Waals surface area contributed by atoms with Crippen molar-refractivity contribution in [3.05, 3.63) is 6.92 Å². The first-order valence-electron chi connectivity index (χ1n) is 2.74. The second-order valence-corrected chi connectivity index (χ2v) is 1.70. The Labute approximate surface area is 54.6 Å². The van der Waals surface area contributed by atoms with E-state index >= 15 is 0 Å². The Bertz CT molecular complexity index is 90.3. The summed E-state index contributed by atoms with van der Waals surface area (Å²) >= 11 is 0. The maximum atomic E-state index is 10.3. The summed E-state index contributed by atoms with van der Waals surface area (Å²) in [6, 6.07) is 0. The molecule has 0 aliphatic rings. The Morgan fingerprint density at radius 3 is 2.78 bits per heavy atom. The van der Waals surface area contributed by atoms with Crippen molar-refractivity contribution < 1.29 is 14.6 Å². The first-order chi connectivity index (χ1) is 4.18. The number of hydrogen-bond acceptors (Lipinski definition) is 3. The fourth-order valence-corrected chi connectivity index (χ4v) is 0.312. The van der Waals surface area contributed by atoms with Crippen LogP contribution in [0.15, 0.2) is 0 Å². The predicted octanol–water partition coefficient (Wildman–Crippen LogP) is -0.213. The maximum Gasteiger partial charge on any atom is 0.160 e. The number of rotatable bonds is 4. The van der Waals surface area contributed by atoms with Gasteiger partial charge < -0.3 is 9.84 Å². The third kappa shape index (κ3) is 4.12. The van der Waals surface area contributed by atoms with Crippen molar-refractivity contribution in [3.63, 3.8) is 0 Å². The Kier molecular flexibility index (Phi) is 4.26. The summed E-state index contributed by atoms with van der Waals surface area (Å²) in [5.41, 5.74) is 0. The number of carbonyl (C=O) groups excluding carboxylic acids is 1. The van der Waals surface area contributed by atoms with Crippen molar-refractivity contribution in [1.29, 1.82) is 0 Å². The van der Waals surface area contributed by atoms with Crippen molar-refractivity contribution in [2.24, 2.45) is 0 Å². The van der Waals surface area contributed by atoms with E-state index in [1.807, 2.05) is 0 Å². The molecule has 0 saturated heterocycles. The summed E-state index contributed by atoms with van der Waals surface area (Å²) in [6.45, 7) is 5.03. The zero-order valence-electron chi connectivity index (χ0n) is 5.46. The van der Waals surface area contributed by atoms with E-state index in [1.165, 1.54) is 6.92 Å². The molecule has 3 nitrogen and oxygen atoms in total. The van der Waals surface area contributed by atoms with Gasteiger partial charge in [0.25, 0.3) is 0 Å². The minimum absolute atomic E-state index is 0.0544. The molecule has 1 radical (unpaired) electrons. The van der Waals surface area contributed by atoms with Crippen molar-refractivity contribution in [1.82, 2.24) is 0 Å². The quantitative estimate of drug-likeness (QED) is 0.574. The van der Waals surface area contributed by atoms with Crippen LogP contribution < -0.4 is 0 Å². The molecule has 0 amide bonds. The molecule has 0 aliphatic heterocycles. The van der Waals surface area contributed by atoms with Gasteiger partial charge in [-0.25, -0.2) is 0 Å². The van der Waals surface area contributed by atoms with Gasteiger partial charge >= 0.3 is 0 Å². The summed E-state index contributed by atoms with van der Waals surface area (Å²) in [5, 5.41) is 8.76. The van der Waals surface area contributed by atoms with E-state index in [0.717, 1.165) is 0 Å². The molecule has 0 aromatic carbocycles. The van der Waals surface area contributed by atoms with Crippen molar-refractivity contribution in [2.45, 2.75) is 13.0 Å². The van der Waals surface area contributed by atoms with Gasteiger partial charge in [0, 0.05) is 6.61 Å². The summed E-state index contributed by atoms with van der Waals surface area (Å²) in [4.78, 5) is 10.3. The summed E-state index contributed by atoms with van der Waals surface area (Å²) < 4.78 is 4.67. The van der Waals surface area contributed by atoms with Crippen LogP contribution in [0.25, 0.3) is 0 Å². The second-order valence-electron chi connectivity index (χ2n) is 1.70. The number of Topliss-reactive ketones (excluding diaryl/α,β-unsaturated/α-hetero) is 1. The summed E-state index contributed by atoms with van der Waals surface area (Å²) in [5.74, 6) is -0.275. The number of hydrogen-bond donors (Lipinski definition) is 1. The van der Waals surface area contributed by atoms with E-state index in [2.05, 4.69) is 11.7 Å². The minimum atomic E-state index is -0.980. The lowest BCUT2D eigenvalue weighted by Gasteiger charge is -2.04. The third-order valence-electron chi connectivity index (χ3n) is 0.889. The Morgan fingerprint density at radius 2 is 2.44 bits per heavy atom. The van der Waals surface area contributed by atoms with Crippen LogP contribution in [0.1, 0.15) is 6.92 Å². The number of carbonyl (C=O) groups is 1.